The van der Waals surface area contributed by atoms with Crippen molar-refractivity contribution in [3.63, 3.8) is 0 Å². The first-order valence-corrected chi connectivity index (χ1v) is 6.38. The molecule has 1 aliphatic rings. The molecule has 0 bridgehead atoms. The largest absolute Gasteiger partial charge is 0.492 e. The molecule has 22 heavy (non-hydrogen) atoms. The number of aromatic nitrogens is 2. The van der Waals surface area contributed by atoms with E-state index in [0.717, 1.165) is 6.08 Å². The van der Waals surface area contributed by atoms with E-state index in [-0.39, 0.29) is 28.5 Å². The molecule has 1 aromatic heterocycles. The lowest BCUT2D eigenvalue weighted by Crippen LogP contribution is -2.22. The summed E-state index contributed by atoms with van der Waals surface area (Å²) in [5, 5.41) is 9.26. The predicted octanol–water partition coefficient (Wildman–Crippen LogP) is 1.92. The van der Waals surface area contributed by atoms with Crippen LogP contribution in [0.4, 0.5) is 0 Å². The topological polar surface area (TPSA) is 92.9 Å². The number of allylic oxidation sites excluding steroid dienone is 2. The number of Topliss-reactive ketones (excluding diaryl/α,β-unsaturated/α-hetero) is 1. The summed E-state index contributed by atoms with van der Waals surface area (Å²) in [5.74, 6) is -1.13. The number of hydrogen-bond donors (Lipinski definition) is 0. The summed E-state index contributed by atoms with van der Waals surface area (Å²) < 4.78 is 4.86. The molecule has 0 aliphatic heterocycles. The maximum absolute atomic E-state index is 12.2. The first kappa shape index (κ1) is 13.6. The fraction of sp³-hybridized carbons (Fsp3) is 0.0625. The average Bonchev–Trinajstić information content (AvgIpc) is 2.57. The molecule has 0 saturated carbocycles. The molecule has 0 spiro atoms. The SMILES string of the molecule is COC1=CC(=O)c2nc(-c3ccccc3)c(C#N)nc2C1=O. The zero-order valence-corrected chi connectivity index (χ0v) is 11.5. The average molecular weight is 291 g/mol. The highest BCUT2D eigenvalue weighted by molar-refractivity contribution is 6.22. The molecule has 0 fully saturated rings. The third-order valence-corrected chi connectivity index (χ3v) is 3.20. The number of carbonyl (C=O) groups excluding carboxylic acids is 2. The van der Waals surface area contributed by atoms with Gasteiger partial charge in [0.1, 0.15) is 23.2 Å². The van der Waals surface area contributed by atoms with Gasteiger partial charge >= 0.3 is 0 Å². The van der Waals surface area contributed by atoms with Crippen LogP contribution in [0.25, 0.3) is 11.3 Å². The van der Waals surface area contributed by atoms with Crippen LogP contribution in [0.5, 0.6) is 0 Å². The van der Waals surface area contributed by atoms with E-state index in [4.69, 9.17) is 4.74 Å². The second-order valence-corrected chi connectivity index (χ2v) is 4.50. The molecule has 6 nitrogen and oxygen atoms in total. The van der Waals surface area contributed by atoms with E-state index < -0.39 is 11.6 Å². The molecule has 106 valence electrons. The molecular weight excluding hydrogens is 282 g/mol. The summed E-state index contributed by atoms with van der Waals surface area (Å²) >= 11 is 0. The van der Waals surface area contributed by atoms with Crippen LogP contribution in [0.15, 0.2) is 42.2 Å². The Bertz CT molecular complexity index is 864. The summed E-state index contributed by atoms with van der Waals surface area (Å²) in [4.78, 5) is 32.5. The second-order valence-electron chi connectivity index (χ2n) is 4.50. The van der Waals surface area contributed by atoms with Crippen LogP contribution in [0.1, 0.15) is 26.7 Å². The van der Waals surface area contributed by atoms with E-state index in [0.29, 0.717) is 5.56 Å². The number of carbonyl (C=O) groups is 2. The standard InChI is InChI=1S/C16H9N3O3/c1-22-12-7-11(20)14-15(16(12)21)18-10(8-17)13(19-14)9-5-3-2-4-6-9/h2-7H,1H3. The maximum atomic E-state index is 12.2. The number of ether oxygens (including phenoxy) is 1. The Kier molecular flexibility index (Phi) is 3.24. The lowest BCUT2D eigenvalue weighted by atomic mass is 10.0. The second kappa shape index (κ2) is 5.22. The van der Waals surface area contributed by atoms with Crippen molar-refractivity contribution < 1.29 is 14.3 Å². The van der Waals surface area contributed by atoms with Crippen molar-refractivity contribution in [1.82, 2.24) is 9.97 Å². The number of hydrogen-bond acceptors (Lipinski definition) is 6. The van der Waals surface area contributed by atoms with Crippen LogP contribution < -0.4 is 0 Å². The van der Waals surface area contributed by atoms with Crippen LogP contribution >= 0.6 is 0 Å². The molecule has 1 aliphatic carbocycles. The fourth-order valence-electron chi connectivity index (χ4n) is 2.16. The highest BCUT2D eigenvalue weighted by Gasteiger charge is 2.31. The summed E-state index contributed by atoms with van der Waals surface area (Å²) in [5.41, 5.74) is 0.695. The van der Waals surface area contributed by atoms with Gasteiger partial charge in [-0.15, -0.1) is 0 Å². The molecule has 3 rings (SSSR count). The lowest BCUT2D eigenvalue weighted by Gasteiger charge is -2.14. The van der Waals surface area contributed by atoms with E-state index in [9.17, 15) is 14.9 Å². The van der Waals surface area contributed by atoms with Crippen LogP contribution in [0.2, 0.25) is 0 Å². The van der Waals surface area contributed by atoms with E-state index >= 15 is 0 Å². The van der Waals surface area contributed by atoms with Crippen molar-refractivity contribution in [2.24, 2.45) is 0 Å². The van der Waals surface area contributed by atoms with Crippen LogP contribution in [-0.4, -0.2) is 28.6 Å². The summed E-state index contributed by atoms with van der Waals surface area (Å²) in [6.07, 6.45) is 1.08. The molecule has 0 saturated heterocycles. The van der Waals surface area contributed by atoms with Crippen LogP contribution in [-0.2, 0) is 4.74 Å². The highest BCUT2D eigenvalue weighted by atomic mass is 16.5. The number of ketones is 2. The Morgan fingerprint density at radius 3 is 2.41 bits per heavy atom. The van der Waals surface area contributed by atoms with Crippen molar-refractivity contribution in [2.75, 3.05) is 7.11 Å². The fourth-order valence-corrected chi connectivity index (χ4v) is 2.16. The third kappa shape index (κ3) is 2.05. The van der Waals surface area contributed by atoms with Gasteiger partial charge in [0.2, 0.25) is 11.6 Å². The summed E-state index contributed by atoms with van der Waals surface area (Å²) in [6, 6.07) is 10.8. The first-order valence-electron chi connectivity index (χ1n) is 6.38. The minimum absolute atomic E-state index is 0.0107. The van der Waals surface area contributed by atoms with Crippen molar-refractivity contribution in [3.8, 4) is 17.3 Å². The number of rotatable bonds is 2. The Morgan fingerprint density at radius 2 is 1.77 bits per heavy atom. The number of fused-ring (bicyclic) bond motifs is 1. The van der Waals surface area contributed by atoms with Gasteiger partial charge in [-0.1, -0.05) is 30.3 Å². The Hall–Kier alpha value is -3.33. The zero-order valence-electron chi connectivity index (χ0n) is 11.5. The Labute approximate surface area is 125 Å². The summed E-state index contributed by atoms with van der Waals surface area (Å²) in [6.45, 7) is 0. The highest BCUT2D eigenvalue weighted by Crippen LogP contribution is 2.25. The Balaban J connectivity index is 2.25. The lowest BCUT2D eigenvalue weighted by molar-refractivity contribution is 0.0909. The van der Waals surface area contributed by atoms with E-state index in [1.165, 1.54) is 7.11 Å². The molecule has 0 unspecified atom stereocenters. The molecule has 2 aromatic rings. The molecule has 0 N–H and O–H groups in total. The zero-order chi connectivity index (χ0) is 15.7. The number of nitrogens with zero attached hydrogens (tertiary/aromatic N) is 3. The monoisotopic (exact) mass is 291 g/mol. The molecule has 0 atom stereocenters. The molecule has 0 radical (unpaired) electrons. The van der Waals surface area contributed by atoms with Crippen LogP contribution in [0, 0.1) is 11.3 Å². The van der Waals surface area contributed by atoms with Gasteiger partial charge in [0.15, 0.2) is 11.5 Å². The first-order chi connectivity index (χ1) is 10.7. The van der Waals surface area contributed by atoms with Crippen molar-refractivity contribution in [3.05, 3.63) is 59.2 Å². The molecule has 1 aromatic carbocycles. The minimum Gasteiger partial charge on any atom is -0.492 e. The van der Waals surface area contributed by atoms with Gasteiger partial charge in [-0.25, -0.2) is 9.97 Å². The summed E-state index contributed by atoms with van der Waals surface area (Å²) in [7, 11) is 1.29. The minimum atomic E-state index is -0.555. The number of methoxy groups -OCH3 is 1. The van der Waals surface area contributed by atoms with E-state index in [1.807, 2.05) is 12.1 Å². The van der Waals surface area contributed by atoms with E-state index in [2.05, 4.69) is 9.97 Å². The molecular formula is C16H9N3O3. The quantitative estimate of drug-likeness (QED) is 0.839. The van der Waals surface area contributed by atoms with Gasteiger partial charge in [0, 0.05) is 11.6 Å². The van der Waals surface area contributed by atoms with Crippen molar-refractivity contribution >= 4 is 11.6 Å². The molecule has 6 heteroatoms. The number of benzene rings is 1. The smallest absolute Gasteiger partial charge is 0.248 e. The Morgan fingerprint density at radius 1 is 1.05 bits per heavy atom. The van der Waals surface area contributed by atoms with Crippen molar-refractivity contribution in [2.45, 2.75) is 0 Å². The molecule has 1 heterocycles. The molecule has 0 amide bonds. The predicted molar refractivity (Wildman–Crippen MR) is 75.9 cm³/mol. The van der Waals surface area contributed by atoms with Crippen molar-refractivity contribution in [1.29, 1.82) is 5.26 Å². The van der Waals surface area contributed by atoms with Gasteiger partial charge in [0.05, 0.1) is 7.11 Å². The number of nitriles is 1. The van der Waals surface area contributed by atoms with Crippen LogP contribution in [0.3, 0.4) is 0 Å². The third-order valence-electron chi connectivity index (χ3n) is 3.20. The van der Waals surface area contributed by atoms with Gasteiger partial charge in [-0.3, -0.25) is 9.59 Å². The van der Waals surface area contributed by atoms with E-state index in [1.54, 1.807) is 24.3 Å². The maximum Gasteiger partial charge on any atom is 0.248 e. The normalized spacial score (nSPS) is 13.2. The van der Waals surface area contributed by atoms with Gasteiger partial charge in [-0.05, 0) is 0 Å². The van der Waals surface area contributed by atoms with Gasteiger partial charge in [-0.2, -0.15) is 5.26 Å². The van der Waals surface area contributed by atoms with Gasteiger partial charge < -0.3 is 4.74 Å². The van der Waals surface area contributed by atoms with Gasteiger partial charge in [0.25, 0.3) is 0 Å².